The van der Waals surface area contributed by atoms with Gasteiger partial charge in [0.1, 0.15) is 12.6 Å². The van der Waals surface area contributed by atoms with Crippen molar-refractivity contribution >= 4 is 24.4 Å². The smallest absolute Gasteiger partial charge is 0.120 e. The number of aromatic nitrogens is 2. The van der Waals surface area contributed by atoms with E-state index in [0.29, 0.717) is 12.3 Å². The molecular weight excluding hydrogens is 202 g/mol. The van der Waals surface area contributed by atoms with Gasteiger partial charge in [-0.25, -0.2) is 9.97 Å². The van der Waals surface area contributed by atoms with E-state index in [1.165, 1.54) is 6.33 Å². The number of anilines is 1. The number of carbonyl (C=O) groups is 1. The van der Waals surface area contributed by atoms with Crippen molar-refractivity contribution < 1.29 is 4.79 Å². The second kappa shape index (κ2) is 4.91. The van der Waals surface area contributed by atoms with E-state index < -0.39 is 0 Å². The third-order valence-corrected chi connectivity index (χ3v) is 2.30. The molecule has 1 saturated heterocycles. The second-order valence-electron chi connectivity index (χ2n) is 3.27. The van der Waals surface area contributed by atoms with E-state index in [1.807, 2.05) is 0 Å². The standard InChI is InChI=1S/C9H11N3O.ClH/c13-2-1-8-5-12(6-8)9-3-10-7-11-4-9;/h2-4,7-8H,1,5-6H2;1H. The molecule has 0 amide bonds. The fourth-order valence-electron chi connectivity index (χ4n) is 1.52. The Bertz CT molecular complexity index is 287. The molecule has 14 heavy (non-hydrogen) atoms. The van der Waals surface area contributed by atoms with Crippen LogP contribution in [0.4, 0.5) is 5.69 Å². The highest BCUT2D eigenvalue weighted by Crippen LogP contribution is 2.23. The van der Waals surface area contributed by atoms with Gasteiger partial charge in [0.25, 0.3) is 0 Å². The van der Waals surface area contributed by atoms with Crippen molar-refractivity contribution in [2.45, 2.75) is 6.42 Å². The van der Waals surface area contributed by atoms with Crippen molar-refractivity contribution in [2.24, 2.45) is 5.92 Å². The zero-order chi connectivity index (χ0) is 9.10. The Labute approximate surface area is 88.8 Å². The minimum atomic E-state index is 0. The molecule has 0 aromatic carbocycles. The van der Waals surface area contributed by atoms with Gasteiger partial charge in [0.2, 0.25) is 0 Å². The van der Waals surface area contributed by atoms with Crippen LogP contribution < -0.4 is 4.90 Å². The van der Waals surface area contributed by atoms with Gasteiger partial charge in [-0.2, -0.15) is 0 Å². The first-order valence-electron chi connectivity index (χ1n) is 4.33. The van der Waals surface area contributed by atoms with Gasteiger partial charge in [0.15, 0.2) is 0 Å². The lowest BCUT2D eigenvalue weighted by Crippen LogP contribution is -2.46. The monoisotopic (exact) mass is 213 g/mol. The summed E-state index contributed by atoms with van der Waals surface area (Å²) in [6.45, 7) is 1.90. The van der Waals surface area contributed by atoms with Crippen LogP contribution in [0.2, 0.25) is 0 Å². The minimum absolute atomic E-state index is 0. The molecule has 0 atom stereocenters. The normalized spacial score (nSPS) is 15.6. The Morgan fingerprint density at radius 2 is 2.07 bits per heavy atom. The Morgan fingerprint density at radius 3 is 2.64 bits per heavy atom. The first-order valence-corrected chi connectivity index (χ1v) is 4.33. The van der Waals surface area contributed by atoms with Crippen LogP contribution in [0.15, 0.2) is 18.7 Å². The van der Waals surface area contributed by atoms with Gasteiger partial charge in [-0.1, -0.05) is 0 Å². The molecule has 4 nitrogen and oxygen atoms in total. The van der Waals surface area contributed by atoms with Crippen LogP contribution in [0.25, 0.3) is 0 Å². The van der Waals surface area contributed by atoms with Gasteiger partial charge < -0.3 is 9.69 Å². The topological polar surface area (TPSA) is 46.1 Å². The summed E-state index contributed by atoms with van der Waals surface area (Å²) in [5.74, 6) is 0.526. The average molecular weight is 214 g/mol. The second-order valence-corrected chi connectivity index (χ2v) is 3.27. The van der Waals surface area contributed by atoms with Gasteiger partial charge in [-0.05, 0) is 0 Å². The SMILES string of the molecule is Cl.O=CCC1CN(c2cncnc2)C1. The van der Waals surface area contributed by atoms with Crippen molar-refractivity contribution in [1.82, 2.24) is 9.97 Å². The van der Waals surface area contributed by atoms with Crippen LogP contribution >= 0.6 is 12.4 Å². The predicted octanol–water partition coefficient (Wildman–Crippen LogP) is 0.924. The highest BCUT2D eigenvalue weighted by atomic mass is 35.5. The van der Waals surface area contributed by atoms with E-state index in [-0.39, 0.29) is 12.4 Å². The molecule has 2 heterocycles. The summed E-state index contributed by atoms with van der Waals surface area (Å²) in [5.41, 5.74) is 1.05. The summed E-state index contributed by atoms with van der Waals surface area (Å²) in [7, 11) is 0. The third kappa shape index (κ3) is 2.20. The molecule has 0 spiro atoms. The summed E-state index contributed by atoms with van der Waals surface area (Å²) in [4.78, 5) is 20.3. The summed E-state index contributed by atoms with van der Waals surface area (Å²) < 4.78 is 0. The summed E-state index contributed by atoms with van der Waals surface area (Å²) in [6.07, 6.45) is 6.77. The molecule has 5 heteroatoms. The highest BCUT2D eigenvalue weighted by Gasteiger charge is 2.26. The largest absolute Gasteiger partial charge is 0.368 e. The van der Waals surface area contributed by atoms with Gasteiger partial charge in [0.05, 0.1) is 18.1 Å². The van der Waals surface area contributed by atoms with Crippen LogP contribution in [0.5, 0.6) is 0 Å². The highest BCUT2D eigenvalue weighted by molar-refractivity contribution is 5.85. The van der Waals surface area contributed by atoms with Crippen LogP contribution in [-0.2, 0) is 4.79 Å². The van der Waals surface area contributed by atoms with Gasteiger partial charge in [-0.15, -0.1) is 12.4 Å². The number of hydrogen-bond donors (Lipinski definition) is 0. The fraction of sp³-hybridized carbons (Fsp3) is 0.444. The molecule has 1 aromatic heterocycles. The maximum atomic E-state index is 10.2. The van der Waals surface area contributed by atoms with E-state index in [2.05, 4.69) is 14.9 Å². The van der Waals surface area contributed by atoms with Crippen LogP contribution in [0, 0.1) is 5.92 Å². The lowest BCUT2D eigenvalue weighted by molar-refractivity contribution is -0.108. The summed E-state index contributed by atoms with van der Waals surface area (Å²) >= 11 is 0. The van der Waals surface area contributed by atoms with Crippen molar-refractivity contribution in [2.75, 3.05) is 18.0 Å². The zero-order valence-electron chi connectivity index (χ0n) is 7.67. The summed E-state index contributed by atoms with van der Waals surface area (Å²) in [5, 5.41) is 0. The average Bonchev–Trinajstić information content (AvgIpc) is 2.12. The molecular formula is C9H12ClN3O. The first-order chi connectivity index (χ1) is 6.40. The van der Waals surface area contributed by atoms with E-state index in [4.69, 9.17) is 0 Å². The van der Waals surface area contributed by atoms with Crippen LogP contribution in [0.1, 0.15) is 6.42 Å². The molecule has 1 aliphatic rings. The fourth-order valence-corrected chi connectivity index (χ4v) is 1.52. The van der Waals surface area contributed by atoms with Gasteiger partial charge >= 0.3 is 0 Å². The molecule has 0 saturated carbocycles. The molecule has 0 bridgehead atoms. The number of nitrogens with zero attached hydrogens (tertiary/aromatic N) is 3. The van der Waals surface area contributed by atoms with Crippen molar-refractivity contribution in [3.63, 3.8) is 0 Å². The lowest BCUT2D eigenvalue weighted by atomic mass is 9.97. The van der Waals surface area contributed by atoms with Crippen LogP contribution in [0.3, 0.4) is 0 Å². The zero-order valence-corrected chi connectivity index (χ0v) is 8.48. The maximum Gasteiger partial charge on any atom is 0.120 e. The van der Waals surface area contributed by atoms with E-state index in [9.17, 15) is 4.79 Å². The molecule has 76 valence electrons. The Morgan fingerprint density at radius 1 is 1.43 bits per heavy atom. The molecule has 0 N–H and O–H groups in total. The Hall–Kier alpha value is -1.16. The Balaban J connectivity index is 0.000000980. The lowest BCUT2D eigenvalue weighted by Gasteiger charge is -2.39. The van der Waals surface area contributed by atoms with Crippen LogP contribution in [-0.4, -0.2) is 29.3 Å². The quantitative estimate of drug-likeness (QED) is 0.701. The third-order valence-electron chi connectivity index (χ3n) is 2.30. The molecule has 1 aliphatic heterocycles. The number of halogens is 1. The maximum absolute atomic E-state index is 10.2. The van der Waals surface area contributed by atoms with E-state index in [0.717, 1.165) is 25.1 Å². The van der Waals surface area contributed by atoms with Gasteiger partial charge in [-0.3, -0.25) is 0 Å². The molecule has 0 aliphatic carbocycles. The molecule has 1 aromatic rings. The molecule has 2 rings (SSSR count). The van der Waals surface area contributed by atoms with Gasteiger partial charge in [0, 0.05) is 25.4 Å². The molecule has 0 unspecified atom stereocenters. The van der Waals surface area contributed by atoms with Crippen molar-refractivity contribution in [3.8, 4) is 0 Å². The number of carbonyl (C=O) groups excluding carboxylic acids is 1. The minimum Gasteiger partial charge on any atom is -0.368 e. The number of rotatable bonds is 3. The van der Waals surface area contributed by atoms with E-state index >= 15 is 0 Å². The number of hydrogen-bond acceptors (Lipinski definition) is 4. The van der Waals surface area contributed by atoms with Crippen molar-refractivity contribution in [3.05, 3.63) is 18.7 Å². The predicted molar refractivity (Wildman–Crippen MR) is 55.7 cm³/mol. The summed E-state index contributed by atoms with van der Waals surface area (Å²) in [6, 6.07) is 0. The molecule has 0 radical (unpaired) electrons. The first kappa shape index (κ1) is 10.9. The van der Waals surface area contributed by atoms with Crippen molar-refractivity contribution in [1.29, 1.82) is 0 Å². The Kier molecular flexibility index (Phi) is 3.83. The molecule has 1 fully saturated rings. The van der Waals surface area contributed by atoms with E-state index in [1.54, 1.807) is 12.4 Å². The number of aldehydes is 1.